The summed E-state index contributed by atoms with van der Waals surface area (Å²) in [7, 11) is 0. The zero-order valence-electron chi connectivity index (χ0n) is 9.48. The molecule has 2 N–H and O–H groups in total. The predicted molar refractivity (Wildman–Crippen MR) is 69.1 cm³/mol. The van der Waals surface area contributed by atoms with Crippen molar-refractivity contribution in [1.82, 2.24) is 10.3 Å². The third kappa shape index (κ3) is 5.16. The van der Waals surface area contributed by atoms with E-state index in [0.717, 1.165) is 5.03 Å². The van der Waals surface area contributed by atoms with E-state index < -0.39 is 0 Å². The van der Waals surface area contributed by atoms with Crippen LogP contribution in [0.15, 0.2) is 23.4 Å². The van der Waals surface area contributed by atoms with Gasteiger partial charge in [0.05, 0.1) is 11.1 Å². The summed E-state index contributed by atoms with van der Waals surface area (Å²) in [6.45, 7) is 4.69. The molecule has 5 heteroatoms. The van der Waals surface area contributed by atoms with Crippen molar-refractivity contribution in [3.63, 3.8) is 0 Å². The van der Waals surface area contributed by atoms with Crippen molar-refractivity contribution in [3.05, 3.63) is 23.4 Å². The van der Waals surface area contributed by atoms with Crippen LogP contribution in [0.1, 0.15) is 13.8 Å². The van der Waals surface area contributed by atoms with Gasteiger partial charge in [-0.2, -0.15) is 0 Å². The lowest BCUT2D eigenvalue weighted by Gasteiger charge is -2.13. The minimum atomic E-state index is -0.384. The van der Waals surface area contributed by atoms with E-state index in [0.29, 0.717) is 23.4 Å². The largest absolute Gasteiger partial charge is 0.391 e. The second kappa shape index (κ2) is 7.12. The van der Waals surface area contributed by atoms with Gasteiger partial charge in [0.25, 0.3) is 0 Å². The monoisotopic (exact) mass is 260 g/mol. The molecule has 1 aromatic rings. The van der Waals surface area contributed by atoms with Crippen LogP contribution in [0.3, 0.4) is 0 Å². The first-order valence-corrected chi connectivity index (χ1v) is 6.60. The average molecular weight is 261 g/mol. The molecule has 0 aliphatic rings. The van der Waals surface area contributed by atoms with Crippen molar-refractivity contribution in [1.29, 1.82) is 0 Å². The molecular formula is C11H17ClN2OS. The summed E-state index contributed by atoms with van der Waals surface area (Å²) in [6, 6.07) is 3.98. The third-order valence-electron chi connectivity index (χ3n) is 1.90. The molecule has 1 heterocycles. The lowest BCUT2D eigenvalue weighted by atomic mass is 10.3. The Labute approximate surface area is 106 Å². The van der Waals surface area contributed by atoms with E-state index >= 15 is 0 Å². The van der Waals surface area contributed by atoms with Gasteiger partial charge < -0.3 is 10.4 Å². The van der Waals surface area contributed by atoms with Crippen LogP contribution in [0.25, 0.3) is 0 Å². The Morgan fingerprint density at radius 1 is 1.56 bits per heavy atom. The van der Waals surface area contributed by atoms with Gasteiger partial charge in [0, 0.05) is 24.5 Å². The predicted octanol–water partition coefficient (Wildman–Crippen LogP) is 2.19. The first kappa shape index (κ1) is 13.8. The van der Waals surface area contributed by atoms with Gasteiger partial charge in [-0.25, -0.2) is 4.98 Å². The van der Waals surface area contributed by atoms with Gasteiger partial charge in [0.2, 0.25) is 0 Å². The number of aliphatic hydroxyl groups excluding tert-OH is 1. The standard InChI is InChI=1S/C11H17ClN2OS/c1-8(2)14-6-9(15)7-16-11-10(12)4-3-5-13-11/h3-5,8-9,14-15H,6-7H2,1-2H3. The quantitative estimate of drug-likeness (QED) is 0.770. The number of pyridine rings is 1. The van der Waals surface area contributed by atoms with Crippen LogP contribution < -0.4 is 5.32 Å². The number of nitrogens with one attached hydrogen (secondary N) is 1. The fraction of sp³-hybridized carbons (Fsp3) is 0.545. The number of hydrogen-bond donors (Lipinski definition) is 2. The Bertz CT molecular complexity index is 323. The molecule has 90 valence electrons. The van der Waals surface area contributed by atoms with Crippen LogP contribution in [0, 0.1) is 0 Å². The minimum absolute atomic E-state index is 0.384. The number of rotatable bonds is 6. The molecule has 16 heavy (non-hydrogen) atoms. The van der Waals surface area contributed by atoms with E-state index in [9.17, 15) is 5.11 Å². The molecule has 1 aromatic heterocycles. The van der Waals surface area contributed by atoms with E-state index in [4.69, 9.17) is 11.6 Å². The van der Waals surface area contributed by atoms with E-state index in [1.165, 1.54) is 11.8 Å². The minimum Gasteiger partial charge on any atom is -0.391 e. The summed E-state index contributed by atoms with van der Waals surface area (Å²) >= 11 is 7.43. The summed E-state index contributed by atoms with van der Waals surface area (Å²) in [5, 5.41) is 14.3. The highest BCUT2D eigenvalue weighted by Gasteiger charge is 2.08. The SMILES string of the molecule is CC(C)NCC(O)CSc1ncccc1Cl. The van der Waals surface area contributed by atoms with Crippen LogP contribution in [-0.2, 0) is 0 Å². The fourth-order valence-corrected chi connectivity index (χ4v) is 2.18. The maximum absolute atomic E-state index is 9.70. The van der Waals surface area contributed by atoms with Gasteiger partial charge in [-0.1, -0.05) is 25.4 Å². The molecule has 0 fully saturated rings. The smallest absolute Gasteiger partial charge is 0.115 e. The Morgan fingerprint density at radius 3 is 2.94 bits per heavy atom. The molecule has 0 bridgehead atoms. The average Bonchev–Trinajstić information content (AvgIpc) is 2.25. The molecule has 0 aliphatic carbocycles. The van der Waals surface area contributed by atoms with Crippen molar-refractivity contribution in [2.75, 3.05) is 12.3 Å². The van der Waals surface area contributed by atoms with Gasteiger partial charge >= 0.3 is 0 Å². The van der Waals surface area contributed by atoms with Crippen molar-refractivity contribution in [2.24, 2.45) is 0 Å². The zero-order chi connectivity index (χ0) is 12.0. The summed E-state index contributed by atoms with van der Waals surface area (Å²) in [4.78, 5) is 4.14. The molecule has 0 radical (unpaired) electrons. The normalized spacial score (nSPS) is 13.1. The molecule has 3 nitrogen and oxygen atoms in total. The van der Waals surface area contributed by atoms with Gasteiger partial charge in [-0.15, -0.1) is 11.8 Å². The molecule has 0 amide bonds. The van der Waals surface area contributed by atoms with Crippen molar-refractivity contribution < 1.29 is 5.11 Å². The topological polar surface area (TPSA) is 45.1 Å². The molecule has 0 saturated carbocycles. The number of halogens is 1. The maximum atomic E-state index is 9.70. The van der Waals surface area contributed by atoms with Crippen LogP contribution in [-0.4, -0.2) is 34.5 Å². The lowest BCUT2D eigenvalue weighted by Crippen LogP contribution is -2.33. The first-order chi connectivity index (χ1) is 7.59. The van der Waals surface area contributed by atoms with E-state index in [-0.39, 0.29) is 6.10 Å². The number of hydrogen-bond acceptors (Lipinski definition) is 4. The third-order valence-corrected chi connectivity index (χ3v) is 3.47. The van der Waals surface area contributed by atoms with E-state index in [2.05, 4.69) is 24.1 Å². The van der Waals surface area contributed by atoms with Crippen LogP contribution >= 0.6 is 23.4 Å². The van der Waals surface area contributed by atoms with E-state index in [1.54, 1.807) is 18.3 Å². The number of aromatic nitrogens is 1. The van der Waals surface area contributed by atoms with Crippen molar-refractivity contribution in [2.45, 2.75) is 31.0 Å². The summed E-state index contributed by atoms with van der Waals surface area (Å²) < 4.78 is 0. The fourth-order valence-electron chi connectivity index (χ4n) is 1.08. The second-order valence-corrected chi connectivity index (χ2v) is 5.23. The Hall–Kier alpha value is -0.290. The number of thioether (sulfide) groups is 1. The molecule has 0 spiro atoms. The highest BCUT2D eigenvalue weighted by molar-refractivity contribution is 7.99. The van der Waals surface area contributed by atoms with Crippen molar-refractivity contribution >= 4 is 23.4 Å². The van der Waals surface area contributed by atoms with E-state index in [1.807, 2.05) is 0 Å². The van der Waals surface area contributed by atoms with Gasteiger partial charge in [-0.3, -0.25) is 0 Å². The Morgan fingerprint density at radius 2 is 2.31 bits per heavy atom. The summed E-state index contributed by atoms with van der Waals surface area (Å²) in [5.74, 6) is 0.594. The molecule has 0 aliphatic heterocycles. The lowest BCUT2D eigenvalue weighted by molar-refractivity contribution is 0.192. The van der Waals surface area contributed by atoms with Gasteiger partial charge in [-0.05, 0) is 12.1 Å². The summed E-state index contributed by atoms with van der Waals surface area (Å²) in [5.41, 5.74) is 0. The van der Waals surface area contributed by atoms with Crippen LogP contribution in [0.4, 0.5) is 0 Å². The van der Waals surface area contributed by atoms with Crippen LogP contribution in [0.2, 0.25) is 5.02 Å². The molecule has 0 saturated heterocycles. The number of aliphatic hydroxyl groups is 1. The molecule has 0 aromatic carbocycles. The highest BCUT2D eigenvalue weighted by Crippen LogP contribution is 2.24. The summed E-state index contributed by atoms with van der Waals surface area (Å²) in [6.07, 6.45) is 1.32. The molecule has 1 rings (SSSR count). The first-order valence-electron chi connectivity index (χ1n) is 5.24. The number of nitrogens with zero attached hydrogens (tertiary/aromatic N) is 1. The van der Waals surface area contributed by atoms with Crippen LogP contribution in [0.5, 0.6) is 0 Å². The molecule has 1 unspecified atom stereocenters. The Balaban J connectivity index is 2.31. The molecule has 1 atom stereocenters. The van der Waals surface area contributed by atoms with Gasteiger partial charge in [0.1, 0.15) is 5.03 Å². The molecular weight excluding hydrogens is 244 g/mol. The Kier molecular flexibility index (Phi) is 6.13. The van der Waals surface area contributed by atoms with Crippen molar-refractivity contribution in [3.8, 4) is 0 Å². The maximum Gasteiger partial charge on any atom is 0.115 e. The zero-order valence-corrected chi connectivity index (χ0v) is 11.1. The van der Waals surface area contributed by atoms with Gasteiger partial charge in [0.15, 0.2) is 0 Å². The highest BCUT2D eigenvalue weighted by atomic mass is 35.5. The second-order valence-electron chi connectivity index (χ2n) is 3.82.